The van der Waals surface area contributed by atoms with E-state index in [2.05, 4.69) is 15.6 Å². The number of hydrogen-bond donors (Lipinski definition) is 2. The van der Waals surface area contributed by atoms with Gasteiger partial charge in [-0.2, -0.15) is 0 Å². The maximum atomic E-state index is 13.0. The fraction of sp³-hybridized carbons (Fsp3) is 0.267. The van der Waals surface area contributed by atoms with Crippen LogP contribution in [0.4, 0.5) is 10.1 Å². The third kappa shape index (κ3) is 4.18. The molecule has 20 heavy (non-hydrogen) atoms. The van der Waals surface area contributed by atoms with Crippen molar-refractivity contribution in [2.45, 2.75) is 13.5 Å². The van der Waals surface area contributed by atoms with Crippen LogP contribution in [-0.4, -0.2) is 18.1 Å². The SMILES string of the molecule is Cc1cnccc1NCCNCc1ccc(F)c(Cl)c1. The zero-order valence-electron chi connectivity index (χ0n) is 11.3. The molecule has 0 aliphatic heterocycles. The van der Waals surface area contributed by atoms with E-state index in [1.165, 1.54) is 6.07 Å². The van der Waals surface area contributed by atoms with Crippen LogP contribution in [0.1, 0.15) is 11.1 Å². The molecule has 0 unspecified atom stereocenters. The molecule has 0 aliphatic carbocycles. The smallest absolute Gasteiger partial charge is 0.141 e. The Balaban J connectivity index is 1.71. The van der Waals surface area contributed by atoms with Crippen LogP contribution < -0.4 is 10.6 Å². The van der Waals surface area contributed by atoms with Crippen molar-refractivity contribution in [1.82, 2.24) is 10.3 Å². The number of anilines is 1. The standard InChI is InChI=1S/C15H17ClFN3/c1-11-9-18-5-4-15(11)20-7-6-19-10-12-2-3-14(17)13(16)8-12/h2-5,8-9,19H,6-7,10H2,1H3,(H,18,20). The highest BCUT2D eigenvalue weighted by Crippen LogP contribution is 2.15. The van der Waals surface area contributed by atoms with Crippen molar-refractivity contribution in [2.75, 3.05) is 18.4 Å². The minimum Gasteiger partial charge on any atom is -0.383 e. The molecule has 5 heteroatoms. The molecule has 1 aromatic heterocycles. The van der Waals surface area contributed by atoms with Gasteiger partial charge in [-0.1, -0.05) is 17.7 Å². The van der Waals surface area contributed by atoms with Crippen LogP contribution in [0.25, 0.3) is 0 Å². The van der Waals surface area contributed by atoms with E-state index < -0.39 is 0 Å². The maximum absolute atomic E-state index is 13.0. The summed E-state index contributed by atoms with van der Waals surface area (Å²) in [5.41, 5.74) is 3.18. The van der Waals surface area contributed by atoms with Crippen LogP contribution in [-0.2, 0) is 6.54 Å². The van der Waals surface area contributed by atoms with Crippen molar-refractivity contribution >= 4 is 17.3 Å². The summed E-state index contributed by atoms with van der Waals surface area (Å²) in [6.07, 6.45) is 3.60. The van der Waals surface area contributed by atoms with Crippen molar-refractivity contribution in [3.63, 3.8) is 0 Å². The third-order valence-corrected chi connectivity index (χ3v) is 3.24. The topological polar surface area (TPSA) is 37.0 Å². The van der Waals surface area contributed by atoms with Gasteiger partial charge < -0.3 is 10.6 Å². The van der Waals surface area contributed by atoms with E-state index in [0.717, 1.165) is 29.9 Å². The van der Waals surface area contributed by atoms with Crippen molar-refractivity contribution in [3.05, 3.63) is 58.6 Å². The van der Waals surface area contributed by atoms with Crippen LogP contribution in [0.2, 0.25) is 5.02 Å². The Kier molecular flexibility index (Phi) is 5.32. The van der Waals surface area contributed by atoms with Crippen molar-refractivity contribution < 1.29 is 4.39 Å². The number of aryl methyl sites for hydroxylation is 1. The largest absolute Gasteiger partial charge is 0.383 e. The monoisotopic (exact) mass is 293 g/mol. The summed E-state index contributed by atoms with van der Waals surface area (Å²) in [5.74, 6) is -0.384. The molecule has 0 atom stereocenters. The number of rotatable bonds is 6. The predicted octanol–water partition coefficient (Wildman–Crippen LogP) is 3.38. The molecule has 0 radical (unpaired) electrons. The Morgan fingerprint density at radius 2 is 2.10 bits per heavy atom. The van der Waals surface area contributed by atoms with Gasteiger partial charge in [-0.05, 0) is 36.2 Å². The first-order chi connectivity index (χ1) is 9.66. The highest BCUT2D eigenvalue weighted by Gasteiger charge is 2.00. The Labute approximate surface area is 123 Å². The maximum Gasteiger partial charge on any atom is 0.141 e. The van der Waals surface area contributed by atoms with Gasteiger partial charge >= 0.3 is 0 Å². The lowest BCUT2D eigenvalue weighted by Crippen LogP contribution is -2.22. The molecule has 0 aliphatic rings. The number of pyridine rings is 1. The Morgan fingerprint density at radius 1 is 1.25 bits per heavy atom. The minimum atomic E-state index is -0.384. The second-order valence-electron chi connectivity index (χ2n) is 4.54. The molecule has 1 aromatic carbocycles. The number of benzene rings is 1. The molecule has 0 fully saturated rings. The lowest BCUT2D eigenvalue weighted by atomic mass is 10.2. The van der Waals surface area contributed by atoms with Crippen molar-refractivity contribution in [3.8, 4) is 0 Å². The van der Waals surface area contributed by atoms with Gasteiger partial charge in [0, 0.05) is 37.7 Å². The minimum absolute atomic E-state index is 0.162. The Hall–Kier alpha value is -1.65. The van der Waals surface area contributed by atoms with E-state index in [0.29, 0.717) is 6.54 Å². The molecule has 0 amide bonds. The highest BCUT2D eigenvalue weighted by molar-refractivity contribution is 6.30. The van der Waals surface area contributed by atoms with Gasteiger partial charge in [0.25, 0.3) is 0 Å². The fourth-order valence-electron chi connectivity index (χ4n) is 1.84. The lowest BCUT2D eigenvalue weighted by Gasteiger charge is -2.10. The molecule has 0 saturated heterocycles. The number of nitrogens with zero attached hydrogens (tertiary/aromatic N) is 1. The number of nitrogens with one attached hydrogen (secondary N) is 2. The molecule has 3 nitrogen and oxygen atoms in total. The summed E-state index contributed by atoms with van der Waals surface area (Å²) in [5, 5.41) is 6.77. The lowest BCUT2D eigenvalue weighted by molar-refractivity contribution is 0.626. The Bertz CT molecular complexity index is 575. The first-order valence-electron chi connectivity index (χ1n) is 6.46. The van der Waals surface area contributed by atoms with Gasteiger partial charge in [-0.25, -0.2) is 4.39 Å². The number of hydrogen-bond acceptors (Lipinski definition) is 3. The van der Waals surface area contributed by atoms with Crippen LogP contribution in [0.5, 0.6) is 0 Å². The summed E-state index contributed by atoms with van der Waals surface area (Å²) >= 11 is 5.73. The first-order valence-corrected chi connectivity index (χ1v) is 6.84. The van der Waals surface area contributed by atoms with Gasteiger partial charge in [0.15, 0.2) is 0 Å². The quantitative estimate of drug-likeness (QED) is 0.802. The third-order valence-electron chi connectivity index (χ3n) is 2.95. The zero-order chi connectivity index (χ0) is 14.4. The number of aromatic nitrogens is 1. The summed E-state index contributed by atoms with van der Waals surface area (Å²) < 4.78 is 13.0. The first kappa shape index (κ1) is 14.8. The van der Waals surface area contributed by atoms with E-state index in [9.17, 15) is 4.39 Å². The van der Waals surface area contributed by atoms with E-state index in [-0.39, 0.29) is 10.8 Å². The second-order valence-corrected chi connectivity index (χ2v) is 4.95. The summed E-state index contributed by atoms with van der Waals surface area (Å²) in [7, 11) is 0. The molecule has 2 N–H and O–H groups in total. The average molecular weight is 294 g/mol. The molecule has 0 saturated carbocycles. The highest BCUT2D eigenvalue weighted by atomic mass is 35.5. The molecule has 106 valence electrons. The summed E-state index contributed by atoms with van der Waals surface area (Å²) in [4.78, 5) is 4.05. The molecule has 2 rings (SSSR count). The van der Waals surface area contributed by atoms with Gasteiger partial charge in [0.1, 0.15) is 5.82 Å². The van der Waals surface area contributed by atoms with E-state index in [1.807, 2.05) is 19.2 Å². The van der Waals surface area contributed by atoms with Gasteiger partial charge in [-0.3, -0.25) is 4.98 Å². The van der Waals surface area contributed by atoms with Crippen LogP contribution in [0, 0.1) is 12.7 Å². The molecule has 0 bridgehead atoms. The van der Waals surface area contributed by atoms with E-state index >= 15 is 0 Å². The van der Waals surface area contributed by atoms with Crippen LogP contribution in [0.3, 0.4) is 0 Å². The average Bonchev–Trinajstić information content (AvgIpc) is 2.44. The summed E-state index contributed by atoms with van der Waals surface area (Å²) in [6.45, 7) is 4.29. The fourth-order valence-corrected chi connectivity index (χ4v) is 2.04. The van der Waals surface area contributed by atoms with E-state index in [4.69, 9.17) is 11.6 Å². The predicted molar refractivity (Wildman–Crippen MR) is 80.6 cm³/mol. The second kappa shape index (κ2) is 7.22. The van der Waals surface area contributed by atoms with Gasteiger partial charge in [0.05, 0.1) is 5.02 Å². The molecular weight excluding hydrogens is 277 g/mol. The van der Waals surface area contributed by atoms with Gasteiger partial charge in [0.2, 0.25) is 0 Å². The molecule has 2 aromatic rings. The van der Waals surface area contributed by atoms with Crippen molar-refractivity contribution in [1.29, 1.82) is 0 Å². The Morgan fingerprint density at radius 3 is 2.85 bits per heavy atom. The van der Waals surface area contributed by atoms with Crippen molar-refractivity contribution in [2.24, 2.45) is 0 Å². The molecular formula is C15H17ClFN3. The van der Waals surface area contributed by atoms with Crippen LogP contribution >= 0.6 is 11.6 Å². The van der Waals surface area contributed by atoms with E-state index in [1.54, 1.807) is 18.3 Å². The molecule has 1 heterocycles. The summed E-state index contributed by atoms with van der Waals surface area (Å²) in [6, 6.07) is 6.71. The number of halogens is 2. The van der Waals surface area contributed by atoms with Gasteiger partial charge in [-0.15, -0.1) is 0 Å². The normalized spacial score (nSPS) is 10.6. The molecule has 0 spiro atoms. The van der Waals surface area contributed by atoms with Crippen LogP contribution in [0.15, 0.2) is 36.7 Å². The zero-order valence-corrected chi connectivity index (χ0v) is 12.0.